The smallest absolute Gasteiger partial charge is 0.312 e. The topological polar surface area (TPSA) is 94.1 Å². The summed E-state index contributed by atoms with van der Waals surface area (Å²) in [6, 6.07) is 16.2. The molecular weight excluding hydrogens is 442 g/mol. The highest BCUT2D eigenvalue weighted by molar-refractivity contribution is 6.31. The molecule has 2 heterocycles. The van der Waals surface area contributed by atoms with Crippen LogP contribution in [0.4, 0.5) is 0 Å². The standard InChI is InChI=1S/C25H22ClN3O4/c1-15-11-20(16(2)29(15)13-17-7-3-6-10-21(17)26)23(30)14-33-24(31)12-22-18-8-4-5-9-19(18)25(32)28-27-22/h3-11H,12-14H2,1-2H3,(H,28,32). The van der Waals surface area contributed by atoms with Gasteiger partial charge < -0.3 is 9.30 Å². The van der Waals surface area contributed by atoms with E-state index >= 15 is 0 Å². The van der Waals surface area contributed by atoms with Gasteiger partial charge in [0.25, 0.3) is 5.56 Å². The van der Waals surface area contributed by atoms with E-state index in [1.807, 2.05) is 42.7 Å². The van der Waals surface area contributed by atoms with Crippen LogP contribution < -0.4 is 5.56 Å². The van der Waals surface area contributed by atoms with Crippen molar-refractivity contribution in [3.8, 4) is 0 Å². The Morgan fingerprint density at radius 2 is 1.76 bits per heavy atom. The van der Waals surface area contributed by atoms with Gasteiger partial charge in [-0.2, -0.15) is 5.10 Å². The predicted octanol–water partition coefficient (Wildman–Crippen LogP) is 4.01. The van der Waals surface area contributed by atoms with Crippen molar-refractivity contribution in [3.05, 3.63) is 98.2 Å². The minimum Gasteiger partial charge on any atom is -0.457 e. The first kappa shape index (κ1) is 22.5. The lowest BCUT2D eigenvalue weighted by Gasteiger charge is -2.11. The zero-order valence-electron chi connectivity index (χ0n) is 18.2. The van der Waals surface area contributed by atoms with E-state index in [1.165, 1.54) is 0 Å². The number of carbonyl (C=O) groups is 2. The minimum absolute atomic E-state index is 0.157. The third-order valence-electron chi connectivity index (χ3n) is 5.61. The number of aromatic amines is 1. The first-order valence-electron chi connectivity index (χ1n) is 10.4. The lowest BCUT2D eigenvalue weighted by molar-refractivity contribution is -0.141. The van der Waals surface area contributed by atoms with Crippen molar-refractivity contribution in [2.24, 2.45) is 0 Å². The molecule has 0 aliphatic carbocycles. The predicted molar refractivity (Wildman–Crippen MR) is 126 cm³/mol. The average molecular weight is 464 g/mol. The minimum atomic E-state index is -0.599. The summed E-state index contributed by atoms with van der Waals surface area (Å²) in [5.74, 6) is -0.890. The van der Waals surface area contributed by atoms with Gasteiger partial charge in [0.05, 0.1) is 17.5 Å². The maximum absolute atomic E-state index is 12.8. The number of Topliss-reactive ketones (excluding diaryl/α,β-unsaturated/α-hetero) is 1. The Morgan fingerprint density at radius 3 is 2.52 bits per heavy atom. The molecule has 0 spiro atoms. The third kappa shape index (κ3) is 4.73. The van der Waals surface area contributed by atoms with Crippen LogP contribution in [0.25, 0.3) is 10.8 Å². The van der Waals surface area contributed by atoms with Crippen LogP contribution >= 0.6 is 11.6 Å². The Morgan fingerprint density at radius 1 is 1.06 bits per heavy atom. The second-order valence-corrected chi connectivity index (χ2v) is 8.18. The number of rotatable bonds is 7. The number of hydrogen-bond donors (Lipinski definition) is 1. The molecular formula is C25H22ClN3O4. The number of benzene rings is 2. The van der Waals surface area contributed by atoms with Gasteiger partial charge in [-0.1, -0.05) is 48.0 Å². The molecule has 0 aliphatic heterocycles. The molecule has 1 N–H and O–H groups in total. The Labute approximate surface area is 195 Å². The maximum Gasteiger partial charge on any atom is 0.312 e. The molecule has 168 valence electrons. The first-order chi connectivity index (χ1) is 15.8. The van der Waals surface area contributed by atoms with Gasteiger partial charge in [0.15, 0.2) is 6.61 Å². The van der Waals surface area contributed by atoms with Gasteiger partial charge in [-0.25, -0.2) is 5.10 Å². The summed E-state index contributed by atoms with van der Waals surface area (Å²) in [7, 11) is 0. The average Bonchev–Trinajstić information content (AvgIpc) is 3.09. The molecule has 0 saturated carbocycles. The number of esters is 1. The van der Waals surface area contributed by atoms with E-state index in [4.69, 9.17) is 16.3 Å². The van der Waals surface area contributed by atoms with E-state index in [9.17, 15) is 14.4 Å². The van der Waals surface area contributed by atoms with Crippen LogP contribution in [-0.4, -0.2) is 33.1 Å². The van der Waals surface area contributed by atoms with Crippen molar-refractivity contribution in [2.75, 3.05) is 6.61 Å². The Balaban J connectivity index is 1.44. The van der Waals surface area contributed by atoms with Crippen LogP contribution in [0.3, 0.4) is 0 Å². The summed E-state index contributed by atoms with van der Waals surface area (Å²) in [6.45, 7) is 3.93. The Kier molecular flexibility index (Phi) is 6.42. The lowest BCUT2D eigenvalue weighted by Crippen LogP contribution is -2.18. The third-order valence-corrected chi connectivity index (χ3v) is 5.98. The molecule has 4 rings (SSSR count). The summed E-state index contributed by atoms with van der Waals surface area (Å²) >= 11 is 6.28. The highest BCUT2D eigenvalue weighted by atomic mass is 35.5. The zero-order chi connectivity index (χ0) is 23.5. The fourth-order valence-corrected chi connectivity index (χ4v) is 4.04. The van der Waals surface area contributed by atoms with Crippen molar-refractivity contribution >= 4 is 34.1 Å². The van der Waals surface area contributed by atoms with E-state index in [0.29, 0.717) is 33.6 Å². The number of hydrogen-bond acceptors (Lipinski definition) is 5. The highest BCUT2D eigenvalue weighted by Crippen LogP contribution is 2.22. The van der Waals surface area contributed by atoms with Crippen LogP contribution in [0, 0.1) is 13.8 Å². The van der Waals surface area contributed by atoms with E-state index in [0.717, 1.165) is 17.0 Å². The van der Waals surface area contributed by atoms with Crippen molar-refractivity contribution in [1.82, 2.24) is 14.8 Å². The molecule has 0 radical (unpaired) electrons. The van der Waals surface area contributed by atoms with Gasteiger partial charge in [0, 0.05) is 33.9 Å². The first-order valence-corrected chi connectivity index (χ1v) is 10.8. The highest BCUT2D eigenvalue weighted by Gasteiger charge is 2.19. The van der Waals surface area contributed by atoms with Gasteiger partial charge in [0.2, 0.25) is 5.78 Å². The molecule has 2 aromatic carbocycles. The van der Waals surface area contributed by atoms with Crippen LogP contribution in [0.15, 0.2) is 59.4 Å². The number of aryl methyl sites for hydroxylation is 1. The molecule has 7 nitrogen and oxygen atoms in total. The van der Waals surface area contributed by atoms with Gasteiger partial charge >= 0.3 is 5.97 Å². The largest absolute Gasteiger partial charge is 0.457 e. The van der Waals surface area contributed by atoms with Gasteiger partial charge in [-0.05, 0) is 37.6 Å². The molecule has 8 heteroatoms. The SMILES string of the molecule is Cc1cc(C(=O)COC(=O)Cc2n[nH]c(=O)c3ccccc23)c(C)n1Cc1ccccc1Cl. The normalized spacial score (nSPS) is 11.0. The molecule has 0 unspecified atom stereocenters. The number of nitrogens with zero attached hydrogens (tertiary/aromatic N) is 2. The number of fused-ring (bicyclic) bond motifs is 1. The number of H-pyrrole nitrogens is 1. The van der Waals surface area contributed by atoms with Crippen molar-refractivity contribution in [2.45, 2.75) is 26.8 Å². The number of aromatic nitrogens is 3. The van der Waals surface area contributed by atoms with Gasteiger partial charge in [-0.15, -0.1) is 0 Å². The summed E-state index contributed by atoms with van der Waals surface area (Å²) < 4.78 is 7.24. The quantitative estimate of drug-likeness (QED) is 0.330. The van der Waals surface area contributed by atoms with Crippen molar-refractivity contribution in [3.63, 3.8) is 0 Å². The summed E-state index contributed by atoms with van der Waals surface area (Å²) in [5, 5.41) is 8.04. The zero-order valence-corrected chi connectivity index (χ0v) is 19.0. The van der Waals surface area contributed by atoms with Crippen LogP contribution in [0.5, 0.6) is 0 Å². The molecule has 0 bridgehead atoms. The van der Waals surface area contributed by atoms with E-state index in [2.05, 4.69) is 10.2 Å². The fraction of sp³-hybridized carbons (Fsp3) is 0.200. The van der Waals surface area contributed by atoms with E-state index in [1.54, 1.807) is 30.3 Å². The van der Waals surface area contributed by atoms with Crippen molar-refractivity contribution in [1.29, 1.82) is 0 Å². The number of ketones is 1. The summed E-state index contributed by atoms with van der Waals surface area (Å²) in [4.78, 5) is 37.1. The maximum atomic E-state index is 12.8. The van der Waals surface area contributed by atoms with Crippen LogP contribution in [0.2, 0.25) is 5.02 Å². The Hall–Kier alpha value is -3.71. The molecule has 2 aromatic heterocycles. The summed E-state index contributed by atoms with van der Waals surface area (Å²) in [6.07, 6.45) is -0.157. The van der Waals surface area contributed by atoms with E-state index < -0.39 is 5.97 Å². The van der Waals surface area contributed by atoms with Crippen LogP contribution in [0.1, 0.15) is 33.0 Å². The lowest BCUT2D eigenvalue weighted by atomic mass is 10.1. The van der Waals surface area contributed by atoms with Gasteiger partial charge in [0.1, 0.15) is 0 Å². The van der Waals surface area contributed by atoms with Crippen LogP contribution in [-0.2, 0) is 22.5 Å². The van der Waals surface area contributed by atoms with E-state index in [-0.39, 0.29) is 24.4 Å². The van der Waals surface area contributed by atoms with Gasteiger partial charge in [-0.3, -0.25) is 14.4 Å². The second kappa shape index (κ2) is 9.42. The molecule has 33 heavy (non-hydrogen) atoms. The fourth-order valence-electron chi connectivity index (χ4n) is 3.84. The number of ether oxygens (including phenoxy) is 1. The molecule has 0 fully saturated rings. The molecule has 0 atom stereocenters. The molecule has 0 saturated heterocycles. The number of halogens is 1. The summed E-state index contributed by atoms with van der Waals surface area (Å²) in [5.41, 5.74) is 3.20. The number of carbonyl (C=O) groups excluding carboxylic acids is 2. The second-order valence-electron chi connectivity index (χ2n) is 7.77. The Bertz CT molecular complexity index is 1420. The number of nitrogens with one attached hydrogen (secondary N) is 1. The monoisotopic (exact) mass is 463 g/mol. The molecule has 0 aliphatic rings. The molecule has 0 amide bonds. The molecule has 4 aromatic rings. The van der Waals surface area contributed by atoms with Crippen molar-refractivity contribution < 1.29 is 14.3 Å².